The lowest BCUT2D eigenvalue weighted by Crippen LogP contribution is -2.53. The summed E-state index contributed by atoms with van der Waals surface area (Å²) in [4.78, 5) is 57.0. The van der Waals surface area contributed by atoms with Crippen LogP contribution in [0.2, 0.25) is 0 Å². The molecule has 0 aliphatic carbocycles. The van der Waals surface area contributed by atoms with Gasteiger partial charge in [-0.15, -0.1) is 0 Å². The summed E-state index contributed by atoms with van der Waals surface area (Å²) in [6.07, 6.45) is -3.92. The van der Waals surface area contributed by atoms with E-state index < -0.39 is 67.2 Å². The van der Waals surface area contributed by atoms with Gasteiger partial charge in [0.2, 0.25) is 6.10 Å². The number of hydrogen-bond acceptors (Lipinski definition) is 11. The van der Waals surface area contributed by atoms with E-state index in [0.717, 1.165) is 34.6 Å². The largest absolute Gasteiger partial charge is 0.463 e. The molecule has 1 saturated heterocycles. The molecular formula is C16H22O11. The molecule has 0 N–H and O–H groups in total. The Bertz CT molecular complexity index is 613. The summed E-state index contributed by atoms with van der Waals surface area (Å²) in [5.74, 6) is -5.84. The molecule has 0 aromatic heterocycles. The first-order valence-corrected chi connectivity index (χ1v) is 7.95. The number of hydrogen-bond donors (Lipinski definition) is 0. The van der Waals surface area contributed by atoms with Gasteiger partial charge in [-0.3, -0.25) is 24.0 Å². The van der Waals surface area contributed by atoms with Gasteiger partial charge in [-0.05, 0) is 0 Å². The van der Waals surface area contributed by atoms with E-state index in [-0.39, 0.29) is 0 Å². The van der Waals surface area contributed by atoms with Gasteiger partial charge in [-0.1, -0.05) is 0 Å². The Balaban J connectivity index is 3.32. The molecule has 1 fully saturated rings. The second-order valence-electron chi connectivity index (χ2n) is 5.75. The zero-order valence-corrected chi connectivity index (χ0v) is 15.6. The minimum atomic E-state index is -2.09. The molecule has 0 amide bonds. The van der Waals surface area contributed by atoms with E-state index in [9.17, 15) is 24.0 Å². The van der Waals surface area contributed by atoms with Crippen LogP contribution in [-0.4, -0.2) is 67.2 Å². The molecule has 1 heterocycles. The Kier molecular flexibility index (Phi) is 7.70. The van der Waals surface area contributed by atoms with E-state index in [2.05, 4.69) is 0 Å². The topological polar surface area (TPSA) is 141 Å². The average Bonchev–Trinajstić information content (AvgIpc) is 2.76. The van der Waals surface area contributed by atoms with E-state index in [1.54, 1.807) is 0 Å². The molecular weight excluding hydrogens is 368 g/mol. The van der Waals surface area contributed by atoms with E-state index in [0.29, 0.717) is 0 Å². The van der Waals surface area contributed by atoms with Crippen LogP contribution in [0.3, 0.4) is 0 Å². The van der Waals surface area contributed by atoms with Crippen molar-refractivity contribution < 1.29 is 52.4 Å². The quantitative estimate of drug-likeness (QED) is 0.415. The van der Waals surface area contributed by atoms with Gasteiger partial charge in [0.05, 0.1) is 0 Å². The lowest BCUT2D eigenvalue weighted by Gasteiger charge is -2.32. The Morgan fingerprint density at radius 3 is 1.78 bits per heavy atom. The van der Waals surface area contributed by atoms with Gasteiger partial charge in [0, 0.05) is 34.6 Å². The fourth-order valence-electron chi connectivity index (χ4n) is 2.50. The van der Waals surface area contributed by atoms with E-state index in [4.69, 9.17) is 28.4 Å². The van der Waals surface area contributed by atoms with Crippen molar-refractivity contribution in [3.8, 4) is 0 Å². The predicted octanol–water partition coefficient (Wildman–Crippen LogP) is -0.366. The van der Waals surface area contributed by atoms with Crippen molar-refractivity contribution in [2.45, 2.75) is 58.7 Å². The molecule has 1 rings (SSSR count). The van der Waals surface area contributed by atoms with Crippen LogP contribution in [0.1, 0.15) is 34.6 Å². The number of ether oxygens (including phenoxy) is 6. The second-order valence-corrected chi connectivity index (χ2v) is 5.75. The predicted molar refractivity (Wildman–Crippen MR) is 83.7 cm³/mol. The van der Waals surface area contributed by atoms with Gasteiger partial charge in [0.1, 0.15) is 12.7 Å². The third-order valence-electron chi connectivity index (χ3n) is 3.29. The minimum Gasteiger partial charge on any atom is -0.463 e. The van der Waals surface area contributed by atoms with Crippen molar-refractivity contribution in [2.24, 2.45) is 0 Å². The summed E-state index contributed by atoms with van der Waals surface area (Å²) in [6.45, 7) is 4.46. The molecule has 11 nitrogen and oxygen atoms in total. The Labute approximate surface area is 155 Å². The third-order valence-corrected chi connectivity index (χ3v) is 3.29. The average molecular weight is 390 g/mol. The van der Waals surface area contributed by atoms with E-state index in [1.165, 1.54) is 0 Å². The maximum atomic E-state index is 11.6. The smallest absolute Gasteiger partial charge is 0.305 e. The molecule has 152 valence electrons. The highest BCUT2D eigenvalue weighted by atomic mass is 16.8. The molecule has 4 atom stereocenters. The standard InChI is InChI=1S/C16H22O11/c1-8(17)22-6-13-14(24-10(3)19)15(25-11(4)20)16(27-13,26-12(5)21)7-23-9(2)18/h13-15H,6-7H2,1-5H3/t13-,14+,15-,16?/m1/s1. The van der Waals surface area contributed by atoms with E-state index in [1.807, 2.05) is 0 Å². The zero-order valence-electron chi connectivity index (χ0n) is 15.6. The molecule has 0 radical (unpaired) electrons. The summed E-state index contributed by atoms with van der Waals surface area (Å²) >= 11 is 0. The highest BCUT2D eigenvalue weighted by molar-refractivity contribution is 5.69. The summed E-state index contributed by atoms with van der Waals surface area (Å²) < 4.78 is 30.9. The number of esters is 5. The van der Waals surface area contributed by atoms with Crippen molar-refractivity contribution in [3.63, 3.8) is 0 Å². The third kappa shape index (κ3) is 6.51. The minimum absolute atomic E-state index is 0.395. The van der Waals surface area contributed by atoms with E-state index >= 15 is 0 Å². The fourth-order valence-corrected chi connectivity index (χ4v) is 2.50. The second kappa shape index (κ2) is 9.31. The number of rotatable bonds is 7. The Hall–Kier alpha value is -2.69. The van der Waals surface area contributed by atoms with Gasteiger partial charge < -0.3 is 28.4 Å². The molecule has 1 aliphatic rings. The van der Waals surface area contributed by atoms with Crippen molar-refractivity contribution in [3.05, 3.63) is 0 Å². The maximum Gasteiger partial charge on any atom is 0.305 e. The van der Waals surface area contributed by atoms with Crippen LogP contribution < -0.4 is 0 Å². The number of carbonyl (C=O) groups excluding carboxylic acids is 5. The molecule has 0 aromatic carbocycles. The Morgan fingerprint density at radius 2 is 1.33 bits per heavy atom. The maximum absolute atomic E-state index is 11.6. The van der Waals surface area contributed by atoms with Crippen molar-refractivity contribution >= 4 is 29.8 Å². The lowest BCUT2D eigenvalue weighted by atomic mass is 10.0. The first-order chi connectivity index (χ1) is 12.5. The molecule has 1 aliphatic heterocycles. The van der Waals surface area contributed by atoms with Gasteiger partial charge in [0.15, 0.2) is 12.7 Å². The van der Waals surface area contributed by atoms with Crippen LogP contribution in [0, 0.1) is 0 Å². The highest BCUT2D eigenvalue weighted by Gasteiger charge is 2.63. The van der Waals surface area contributed by atoms with Crippen LogP contribution in [0.15, 0.2) is 0 Å². The van der Waals surface area contributed by atoms with Crippen molar-refractivity contribution in [1.82, 2.24) is 0 Å². The van der Waals surface area contributed by atoms with Crippen LogP contribution in [0.4, 0.5) is 0 Å². The molecule has 27 heavy (non-hydrogen) atoms. The number of carbonyl (C=O) groups is 5. The van der Waals surface area contributed by atoms with Gasteiger partial charge in [-0.2, -0.15) is 0 Å². The first kappa shape index (κ1) is 22.4. The van der Waals surface area contributed by atoms with Crippen molar-refractivity contribution in [1.29, 1.82) is 0 Å². The Morgan fingerprint density at radius 1 is 0.778 bits per heavy atom. The first-order valence-electron chi connectivity index (χ1n) is 7.95. The molecule has 0 aromatic rings. The molecule has 0 spiro atoms. The summed E-state index contributed by atoms with van der Waals surface area (Å²) in [5.41, 5.74) is 0. The summed E-state index contributed by atoms with van der Waals surface area (Å²) in [5, 5.41) is 0. The summed E-state index contributed by atoms with van der Waals surface area (Å²) in [6, 6.07) is 0. The van der Waals surface area contributed by atoms with Gasteiger partial charge in [0.25, 0.3) is 5.79 Å². The molecule has 0 bridgehead atoms. The molecule has 1 unspecified atom stereocenters. The molecule has 0 saturated carbocycles. The lowest BCUT2D eigenvalue weighted by molar-refractivity contribution is -0.270. The van der Waals surface area contributed by atoms with Gasteiger partial charge in [-0.25, -0.2) is 0 Å². The van der Waals surface area contributed by atoms with Gasteiger partial charge >= 0.3 is 29.8 Å². The van der Waals surface area contributed by atoms with Crippen LogP contribution >= 0.6 is 0 Å². The monoisotopic (exact) mass is 390 g/mol. The summed E-state index contributed by atoms with van der Waals surface area (Å²) in [7, 11) is 0. The SMILES string of the molecule is CC(=O)OC[C@H]1OC(COC(C)=O)(OC(C)=O)[C@H](OC(C)=O)[C@H]1OC(C)=O. The normalized spacial score (nSPS) is 26.6. The van der Waals surface area contributed by atoms with Crippen molar-refractivity contribution in [2.75, 3.05) is 13.2 Å². The zero-order chi connectivity index (χ0) is 20.8. The van der Waals surface area contributed by atoms with Crippen LogP contribution in [0.25, 0.3) is 0 Å². The highest BCUT2D eigenvalue weighted by Crippen LogP contribution is 2.37. The van der Waals surface area contributed by atoms with Crippen LogP contribution in [0.5, 0.6) is 0 Å². The fraction of sp³-hybridized carbons (Fsp3) is 0.688. The van der Waals surface area contributed by atoms with Crippen LogP contribution in [-0.2, 0) is 52.4 Å². The molecule has 11 heteroatoms.